The van der Waals surface area contributed by atoms with E-state index in [0.717, 1.165) is 25.2 Å². The molecule has 0 aliphatic carbocycles. The second-order valence-corrected chi connectivity index (χ2v) is 6.38. The van der Waals surface area contributed by atoms with Crippen LogP contribution >= 0.6 is 0 Å². The van der Waals surface area contributed by atoms with Gasteiger partial charge in [0.2, 0.25) is 0 Å². The number of carboxylic acids is 1. The largest absolute Gasteiger partial charge is 0.481 e. The van der Waals surface area contributed by atoms with Crippen LogP contribution in [0.15, 0.2) is 24.3 Å². The molecule has 1 fully saturated rings. The van der Waals surface area contributed by atoms with Crippen molar-refractivity contribution in [2.24, 2.45) is 5.92 Å². The van der Waals surface area contributed by atoms with Crippen molar-refractivity contribution in [2.45, 2.75) is 39.5 Å². The van der Waals surface area contributed by atoms with E-state index in [1.165, 1.54) is 6.42 Å². The fourth-order valence-corrected chi connectivity index (χ4v) is 3.15. The third kappa shape index (κ3) is 4.49. The van der Waals surface area contributed by atoms with Gasteiger partial charge in [0.15, 0.2) is 0 Å². The number of likely N-dealkylation sites (tertiary alicyclic amines) is 1. The van der Waals surface area contributed by atoms with E-state index in [1.807, 2.05) is 24.3 Å². The van der Waals surface area contributed by atoms with Gasteiger partial charge >= 0.3 is 5.97 Å². The van der Waals surface area contributed by atoms with Crippen LogP contribution in [0.2, 0.25) is 0 Å². The molecule has 1 aromatic rings. The fourth-order valence-electron chi connectivity index (χ4n) is 3.15. The van der Waals surface area contributed by atoms with E-state index in [4.69, 9.17) is 5.11 Å². The summed E-state index contributed by atoms with van der Waals surface area (Å²) in [5.41, 5.74) is 1.83. The normalized spacial score (nSPS) is 15.3. The molecular weight excluding hydrogens is 304 g/mol. The number of carbonyl (C=O) groups excluding carboxylic acids is 1. The number of benzene rings is 1. The number of rotatable bonds is 7. The molecule has 1 heterocycles. The smallest absolute Gasteiger partial charge is 0.306 e. The molecule has 132 valence electrons. The van der Waals surface area contributed by atoms with Gasteiger partial charge in [0.25, 0.3) is 5.91 Å². The zero-order valence-corrected chi connectivity index (χ0v) is 14.7. The highest BCUT2D eigenvalue weighted by molar-refractivity contribution is 5.94. The number of unbranched alkanes of at least 4 members (excludes halogenated alkanes) is 1. The number of nitrogens with zero attached hydrogens (tertiary/aromatic N) is 2. The van der Waals surface area contributed by atoms with Gasteiger partial charge in [-0.25, -0.2) is 0 Å². The van der Waals surface area contributed by atoms with Crippen LogP contribution < -0.4 is 4.90 Å². The molecule has 1 saturated heterocycles. The molecule has 0 radical (unpaired) electrons. The predicted octanol–water partition coefficient (Wildman–Crippen LogP) is 3.25. The van der Waals surface area contributed by atoms with E-state index in [-0.39, 0.29) is 11.8 Å². The first-order valence-corrected chi connectivity index (χ1v) is 8.93. The van der Waals surface area contributed by atoms with Crippen LogP contribution in [0.3, 0.4) is 0 Å². The van der Waals surface area contributed by atoms with E-state index in [9.17, 15) is 9.59 Å². The van der Waals surface area contributed by atoms with Gasteiger partial charge in [-0.1, -0.05) is 13.3 Å². The van der Waals surface area contributed by atoms with Crippen molar-refractivity contribution in [1.82, 2.24) is 4.90 Å². The van der Waals surface area contributed by atoms with E-state index in [2.05, 4.69) is 18.7 Å². The number of amides is 1. The summed E-state index contributed by atoms with van der Waals surface area (Å²) >= 11 is 0. The summed E-state index contributed by atoms with van der Waals surface area (Å²) in [5.74, 6) is -1.06. The summed E-state index contributed by atoms with van der Waals surface area (Å²) < 4.78 is 0. The summed E-state index contributed by atoms with van der Waals surface area (Å²) in [4.78, 5) is 27.6. The van der Waals surface area contributed by atoms with E-state index in [0.29, 0.717) is 31.5 Å². The van der Waals surface area contributed by atoms with Gasteiger partial charge in [-0.15, -0.1) is 0 Å². The predicted molar refractivity (Wildman–Crippen MR) is 95.5 cm³/mol. The molecule has 5 heteroatoms. The van der Waals surface area contributed by atoms with E-state index >= 15 is 0 Å². The summed E-state index contributed by atoms with van der Waals surface area (Å²) in [6.07, 6.45) is 3.41. The standard InChI is InChI=1S/C19H28N2O3/c1-3-5-12-20(4-2)17-8-6-15(7-9-17)18(22)21-13-10-16(11-14-21)19(23)24/h6-9,16H,3-5,10-14H2,1-2H3,(H,23,24). The number of carbonyl (C=O) groups is 2. The van der Waals surface area contributed by atoms with Crippen molar-refractivity contribution in [2.75, 3.05) is 31.1 Å². The Morgan fingerprint density at radius 1 is 1.17 bits per heavy atom. The highest BCUT2D eigenvalue weighted by Gasteiger charge is 2.27. The van der Waals surface area contributed by atoms with Gasteiger partial charge in [0.05, 0.1) is 5.92 Å². The average molecular weight is 332 g/mol. The fraction of sp³-hybridized carbons (Fsp3) is 0.579. The zero-order chi connectivity index (χ0) is 17.5. The minimum Gasteiger partial charge on any atom is -0.481 e. The second-order valence-electron chi connectivity index (χ2n) is 6.38. The number of hydrogen-bond acceptors (Lipinski definition) is 3. The Balaban J connectivity index is 1.97. The van der Waals surface area contributed by atoms with Gasteiger partial charge in [-0.2, -0.15) is 0 Å². The SMILES string of the molecule is CCCCN(CC)c1ccc(C(=O)N2CCC(C(=O)O)CC2)cc1. The lowest BCUT2D eigenvalue weighted by molar-refractivity contribution is -0.143. The summed E-state index contributed by atoms with van der Waals surface area (Å²) in [6, 6.07) is 7.79. The molecule has 1 aromatic carbocycles. The minimum atomic E-state index is -0.752. The van der Waals surface area contributed by atoms with Crippen molar-refractivity contribution < 1.29 is 14.7 Å². The molecule has 0 spiro atoms. The Morgan fingerprint density at radius 3 is 2.29 bits per heavy atom. The van der Waals surface area contributed by atoms with Crippen LogP contribution in [0.25, 0.3) is 0 Å². The van der Waals surface area contributed by atoms with Crippen molar-refractivity contribution in [3.63, 3.8) is 0 Å². The van der Waals surface area contributed by atoms with Gasteiger partial charge in [-0.05, 0) is 50.5 Å². The molecule has 0 bridgehead atoms. The lowest BCUT2D eigenvalue weighted by Gasteiger charge is -2.30. The number of hydrogen-bond donors (Lipinski definition) is 1. The molecule has 5 nitrogen and oxygen atoms in total. The van der Waals surface area contributed by atoms with Gasteiger partial charge < -0.3 is 14.9 Å². The topological polar surface area (TPSA) is 60.9 Å². The minimum absolute atomic E-state index is 0.00185. The van der Waals surface area contributed by atoms with Gasteiger partial charge in [0.1, 0.15) is 0 Å². The Hall–Kier alpha value is -2.04. The van der Waals surface area contributed by atoms with Crippen molar-refractivity contribution in [3.05, 3.63) is 29.8 Å². The highest BCUT2D eigenvalue weighted by atomic mass is 16.4. The number of aliphatic carboxylic acids is 1. The van der Waals surface area contributed by atoms with Crippen LogP contribution in [-0.2, 0) is 4.79 Å². The van der Waals surface area contributed by atoms with Crippen LogP contribution in [0.1, 0.15) is 49.9 Å². The Labute approximate surface area is 144 Å². The maximum atomic E-state index is 12.6. The Bertz CT molecular complexity index is 548. The first-order chi connectivity index (χ1) is 11.6. The number of carboxylic acid groups (broad SMARTS) is 1. The zero-order valence-electron chi connectivity index (χ0n) is 14.7. The maximum Gasteiger partial charge on any atom is 0.306 e. The molecule has 0 unspecified atom stereocenters. The van der Waals surface area contributed by atoms with Crippen LogP contribution in [0, 0.1) is 5.92 Å². The molecular formula is C19H28N2O3. The van der Waals surface area contributed by atoms with Crippen LogP contribution in [0.5, 0.6) is 0 Å². The van der Waals surface area contributed by atoms with E-state index in [1.54, 1.807) is 4.90 Å². The monoisotopic (exact) mass is 332 g/mol. The lowest BCUT2D eigenvalue weighted by Crippen LogP contribution is -2.40. The molecule has 1 amide bonds. The third-order valence-corrected chi connectivity index (χ3v) is 4.77. The average Bonchev–Trinajstić information content (AvgIpc) is 2.62. The summed E-state index contributed by atoms with van der Waals surface area (Å²) in [6.45, 7) is 7.35. The van der Waals surface area contributed by atoms with Crippen molar-refractivity contribution in [1.29, 1.82) is 0 Å². The molecule has 0 atom stereocenters. The molecule has 1 N–H and O–H groups in total. The van der Waals surface area contributed by atoms with Crippen LogP contribution in [0.4, 0.5) is 5.69 Å². The number of piperidine rings is 1. The molecule has 0 aromatic heterocycles. The van der Waals surface area contributed by atoms with Crippen molar-refractivity contribution >= 4 is 17.6 Å². The second kappa shape index (κ2) is 8.71. The molecule has 24 heavy (non-hydrogen) atoms. The quantitative estimate of drug-likeness (QED) is 0.832. The summed E-state index contributed by atoms with van der Waals surface area (Å²) in [7, 11) is 0. The van der Waals surface area contributed by atoms with E-state index < -0.39 is 5.97 Å². The molecule has 2 rings (SSSR count). The lowest BCUT2D eigenvalue weighted by atomic mass is 9.96. The third-order valence-electron chi connectivity index (χ3n) is 4.77. The first-order valence-electron chi connectivity index (χ1n) is 8.93. The molecule has 1 aliphatic rings. The van der Waals surface area contributed by atoms with Crippen molar-refractivity contribution in [3.8, 4) is 0 Å². The number of anilines is 1. The molecule has 0 saturated carbocycles. The first kappa shape index (κ1) is 18.3. The van der Waals surface area contributed by atoms with Gasteiger partial charge in [-0.3, -0.25) is 9.59 Å². The Kier molecular flexibility index (Phi) is 6.64. The molecule has 1 aliphatic heterocycles. The highest BCUT2D eigenvalue weighted by Crippen LogP contribution is 2.21. The Morgan fingerprint density at radius 2 is 1.79 bits per heavy atom. The summed E-state index contributed by atoms with van der Waals surface area (Å²) in [5, 5.41) is 9.04. The van der Waals surface area contributed by atoms with Crippen LogP contribution in [-0.4, -0.2) is 48.1 Å². The van der Waals surface area contributed by atoms with Gasteiger partial charge in [0, 0.05) is 37.4 Å². The maximum absolute atomic E-state index is 12.6.